The highest BCUT2D eigenvalue weighted by atomic mass is 35.5. The van der Waals surface area contributed by atoms with Crippen molar-refractivity contribution in [2.75, 3.05) is 0 Å². The zero-order chi connectivity index (χ0) is 37.4. The van der Waals surface area contributed by atoms with Gasteiger partial charge in [-0.25, -0.2) is 0 Å². The Hall–Kier alpha value is -4.00. The molecule has 0 fully saturated rings. The molecule has 0 saturated heterocycles. The van der Waals surface area contributed by atoms with Crippen LogP contribution in [0.2, 0.25) is 10.0 Å². The Balaban J connectivity index is 1.55. The Morgan fingerprint density at radius 1 is 0.520 bits per heavy atom. The standard InChI is InChI=1S/C42H48Cl2N4O2/c1-39(2,3)30-17-25(18-31(37(30)49)40(4,5)6)23-45-47-28-15-13-27(14-16-28)29-21-35(44)36(22-34(29)43)48-46-24-26-19-32(41(7,8)9)38(50)33(20-26)42(10,11)12/h13-24H,1-12H3. The molecular formula is C42H48Cl2N4O2. The molecule has 4 rings (SSSR count). The van der Waals surface area contributed by atoms with Crippen LogP contribution in [0.5, 0.6) is 0 Å². The predicted octanol–water partition coefficient (Wildman–Crippen LogP) is 13.7. The van der Waals surface area contributed by atoms with Crippen molar-refractivity contribution in [3.8, 4) is 11.1 Å². The average Bonchev–Trinajstić information content (AvgIpc) is 2.98. The van der Waals surface area contributed by atoms with E-state index in [-0.39, 0.29) is 33.2 Å². The second-order valence-electron chi connectivity index (χ2n) is 16.9. The fourth-order valence-electron chi connectivity index (χ4n) is 5.54. The lowest BCUT2D eigenvalue weighted by Crippen LogP contribution is -2.27. The largest absolute Gasteiger partial charge is 0.289 e. The normalized spacial score (nSPS) is 16.5. The Kier molecular flexibility index (Phi) is 11.1. The molecule has 2 aromatic carbocycles. The number of azo groups is 2. The summed E-state index contributed by atoms with van der Waals surface area (Å²) in [6, 6.07) is 11.0. The summed E-state index contributed by atoms with van der Waals surface area (Å²) in [4.78, 5) is 26.4. The van der Waals surface area contributed by atoms with Crippen molar-refractivity contribution < 1.29 is 9.59 Å². The number of carbonyl (C=O) groups is 2. The molecule has 2 aromatic rings. The van der Waals surface area contributed by atoms with Crippen molar-refractivity contribution in [2.24, 2.45) is 42.1 Å². The third-order valence-electron chi connectivity index (χ3n) is 8.42. The molecule has 8 heteroatoms. The summed E-state index contributed by atoms with van der Waals surface area (Å²) < 4.78 is 0. The van der Waals surface area contributed by atoms with Gasteiger partial charge in [-0.2, -0.15) is 15.3 Å². The van der Waals surface area contributed by atoms with Gasteiger partial charge in [-0.1, -0.05) is 118 Å². The molecule has 0 heterocycles. The molecule has 2 aliphatic carbocycles. The van der Waals surface area contributed by atoms with Crippen LogP contribution in [0.1, 0.15) is 83.1 Å². The minimum absolute atomic E-state index is 0.0652. The smallest absolute Gasteiger partial charge is 0.186 e. The molecule has 0 N–H and O–H groups in total. The second kappa shape index (κ2) is 14.3. The highest BCUT2D eigenvalue weighted by Gasteiger charge is 2.35. The first kappa shape index (κ1) is 38.8. The van der Waals surface area contributed by atoms with Gasteiger partial charge in [-0.3, -0.25) is 9.59 Å². The fourth-order valence-corrected chi connectivity index (χ4v) is 6.01. The summed E-state index contributed by atoms with van der Waals surface area (Å²) in [6.07, 6.45) is 10.9. The van der Waals surface area contributed by atoms with Crippen molar-refractivity contribution >= 4 is 46.1 Å². The first-order chi connectivity index (χ1) is 23.0. The van der Waals surface area contributed by atoms with Crippen LogP contribution in [0.25, 0.3) is 11.1 Å². The molecule has 0 aromatic heterocycles. The number of carbonyl (C=O) groups excluding carboxylic acids is 2. The maximum absolute atomic E-state index is 13.2. The van der Waals surface area contributed by atoms with Crippen LogP contribution in [0.4, 0.5) is 11.4 Å². The van der Waals surface area contributed by atoms with Gasteiger partial charge in [0.05, 0.1) is 28.1 Å². The van der Waals surface area contributed by atoms with E-state index in [9.17, 15) is 9.59 Å². The average molecular weight is 712 g/mol. The number of ketones is 2. The number of halogens is 2. The van der Waals surface area contributed by atoms with E-state index in [2.05, 4.69) is 20.5 Å². The van der Waals surface area contributed by atoms with Crippen LogP contribution in [0.15, 0.2) is 127 Å². The van der Waals surface area contributed by atoms with Crippen LogP contribution >= 0.6 is 23.2 Å². The van der Waals surface area contributed by atoms with E-state index in [0.29, 0.717) is 21.4 Å². The van der Waals surface area contributed by atoms with Gasteiger partial charge in [0.2, 0.25) is 0 Å². The van der Waals surface area contributed by atoms with Crippen LogP contribution in [-0.2, 0) is 9.59 Å². The number of nitrogens with zero attached hydrogens (tertiary/aromatic N) is 4. The van der Waals surface area contributed by atoms with Gasteiger partial charge >= 0.3 is 0 Å². The van der Waals surface area contributed by atoms with Gasteiger partial charge in [0.25, 0.3) is 0 Å². The molecule has 2 aliphatic rings. The number of rotatable bonds is 5. The lowest BCUT2D eigenvalue weighted by Gasteiger charge is -2.31. The van der Waals surface area contributed by atoms with E-state index in [0.717, 1.165) is 44.6 Å². The summed E-state index contributed by atoms with van der Waals surface area (Å²) in [5.74, 6) is 0.148. The first-order valence-corrected chi connectivity index (χ1v) is 17.5. The van der Waals surface area contributed by atoms with Crippen LogP contribution < -0.4 is 0 Å². The third-order valence-corrected chi connectivity index (χ3v) is 9.04. The molecule has 0 saturated carbocycles. The maximum atomic E-state index is 13.2. The fraction of sp³-hybridized carbons (Fsp3) is 0.381. The van der Waals surface area contributed by atoms with E-state index in [1.807, 2.05) is 132 Å². The molecule has 0 bridgehead atoms. The Labute approximate surface area is 307 Å². The Morgan fingerprint density at radius 2 is 0.900 bits per heavy atom. The number of hydrogen-bond acceptors (Lipinski definition) is 6. The monoisotopic (exact) mass is 710 g/mol. The minimum Gasteiger partial charge on any atom is -0.289 e. The molecule has 50 heavy (non-hydrogen) atoms. The summed E-state index contributed by atoms with van der Waals surface area (Å²) >= 11 is 13.4. The van der Waals surface area contributed by atoms with Gasteiger partial charge < -0.3 is 0 Å². The van der Waals surface area contributed by atoms with Crippen molar-refractivity contribution in [2.45, 2.75) is 83.1 Å². The van der Waals surface area contributed by atoms with Crippen molar-refractivity contribution in [3.63, 3.8) is 0 Å². The molecule has 6 nitrogen and oxygen atoms in total. The molecule has 0 atom stereocenters. The van der Waals surface area contributed by atoms with Crippen molar-refractivity contribution in [1.29, 1.82) is 0 Å². The van der Waals surface area contributed by atoms with Crippen LogP contribution in [0.3, 0.4) is 0 Å². The second-order valence-corrected chi connectivity index (χ2v) is 17.7. The summed E-state index contributed by atoms with van der Waals surface area (Å²) in [5, 5.41) is 18.2. The highest BCUT2D eigenvalue weighted by molar-refractivity contribution is 6.37. The molecule has 262 valence electrons. The number of allylic oxidation sites excluding steroid dienone is 10. The zero-order valence-corrected chi connectivity index (χ0v) is 32.8. The van der Waals surface area contributed by atoms with Crippen molar-refractivity contribution in [1.82, 2.24) is 0 Å². The third kappa shape index (κ3) is 9.21. The van der Waals surface area contributed by atoms with E-state index >= 15 is 0 Å². The Morgan fingerprint density at radius 3 is 1.28 bits per heavy atom. The zero-order valence-electron chi connectivity index (χ0n) is 31.3. The Bertz CT molecular complexity index is 1890. The topological polar surface area (TPSA) is 83.6 Å². The van der Waals surface area contributed by atoms with Crippen LogP contribution in [0, 0.1) is 21.7 Å². The number of hydrogen-bond donors (Lipinski definition) is 0. The van der Waals surface area contributed by atoms with Crippen molar-refractivity contribution in [3.05, 3.63) is 117 Å². The van der Waals surface area contributed by atoms with Gasteiger partial charge in [0.1, 0.15) is 5.69 Å². The highest BCUT2D eigenvalue weighted by Crippen LogP contribution is 2.41. The first-order valence-electron chi connectivity index (χ1n) is 16.8. The van der Waals surface area contributed by atoms with Gasteiger partial charge in [0.15, 0.2) is 11.6 Å². The SMILES string of the molecule is CC(C)(C)C1=CC(=CN=Nc2ccc(-c3cc(Cl)c(N=NC=C4C=C(C(C)(C)C)C(=O)C(C(C)(C)C)=C4)cc3Cl)cc2)C=C(C(C)(C)C)C1=O. The van der Waals surface area contributed by atoms with E-state index in [1.54, 1.807) is 24.5 Å². The lowest BCUT2D eigenvalue weighted by atomic mass is 9.72. The van der Waals surface area contributed by atoms with E-state index in [1.165, 1.54) is 0 Å². The van der Waals surface area contributed by atoms with E-state index in [4.69, 9.17) is 23.2 Å². The summed E-state index contributed by atoms with van der Waals surface area (Å²) in [7, 11) is 0. The molecule has 0 unspecified atom stereocenters. The predicted molar refractivity (Wildman–Crippen MR) is 207 cm³/mol. The number of benzene rings is 2. The lowest BCUT2D eigenvalue weighted by molar-refractivity contribution is -0.114. The molecule has 0 spiro atoms. The van der Waals surface area contributed by atoms with Gasteiger partial charge in [0, 0.05) is 27.9 Å². The van der Waals surface area contributed by atoms with E-state index < -0.39 is 0 Å². The maximum Gasteiger partial charge on any atom is 0.186 e. The van der Waals surface area contributed by atoms with Crippen LogP contribution in [-0.4, -0.2) is 11.6 Å². The minimum atomic E-state index is -0.316. The quantitative estimate of drug-likeness (QED) is 0.289. The summed E-state index contributed by atoms with van der Waals surface area (Å²) in [6.45, 7) is 24.4. The number of Topliss-reactive ketones (excluding diaryl/α,β-unsaturated/α-hetero) is 2. The van der Waals surface area contributed by atoms with Gasteiger partial charge in [-0.05, 0) is 86.9 Å². The summed E-state index contributed by atoms with van der Waals surface area (Å²) in [5.41, 5.74) is 6.09. The molecular weight excluding hydrogens is 663 g/mol. The molecule has 0 amide bonds. The molecule has 0 aliphatic heterocycles. The van der Waals surface area contributed by atoms with Gasteiger partial charge in [-0.15, -0.1) is 5.11 Å². The molecule has 0 radical (unpaired) electrons.